The summed E-state index contributed by atoms with van der Waals surface area (Å²) in [6.45, 7) is 1.88. The second kappa shape index (κ2) is 3.29. The summed E-state index contributed by atoms with van der Waals surface area (Å²) in [5.74, 6) is 0. The molecule has 0 aliphatic rings. The maximum Gasteiger partial charge on any atom is 0.345 e. The predicted octanol–water partition coefficient (Wildman–Crippen LogP) is 0.474. The Morgan fingerprint density at radius 2 is 2.25 bits per heavy atom. The van der Waals surface area contributed by atoms with Crippen molar-refractivity contribution in [2.24, 2.45) is 0 Å². The highest BCUT2D eigenvalue weighted by Crippen LogP contribution is 2.08. The average molecular weight is 158 g/mol. The first kappa shape index (κ1) is 8.22. The maximum atomic E-state index is 9.78. The van der Waals surface area contributed by atoms with E-state index in [1.807, 2.05) is 0 Å². The third-order valence-corrected chi connectivity index (χ3v) is 1.56. The van der Waals surface area contributed by atoms with Crippen molar-refractivity contribution in [3.05, 3.63) is 0 Å². The SMILES string of the molecule is CCOSS(=O)(=O)O. The largest absolute Gasteiger partial charge is 0.345 e. The van der Waals surface area contributed by atoms with Gasteiger partial charge in [0.05, 0.1) is 6.61 Å². The molecule has 0 radical (unpaired) electrons. The van der Waals surface area contributed by atoms with Crippen molar-refractivity contribution < 1.29 is 17.2 Å². The molecule has 0 amide bonds. The van der Waals surface area contributed by atoms with E-state index >= 15 is 0 Å². The lowest BCUT2D eigenvalue weighted by Crippen LogP contribution is -1.90. The molecule has 0 fully saturated rings. The maximum absolute atomic E-state index is 9.78. The molecule has 0 aromatic heterocycles. The summed E-state index contributed by atoms with van der Waals surface area (Å²) in [6, 6.07) is 0. The van der Waals surface area contributed by atoms with E-state index in [2.05, 4.69) is 4.18 Å². The zero-order valence-corrected chi connectivity index (χ0v) is 5.83. The van der Waals surface area contributed by atoms with E-state index in [-0.39, 0.29) is 17.7 Å². The highest BCUT2D eigenvalue weighted by molar-refractivity contribution is 8.67. The van der Waals surface area contributed by atoms with Gasteiger partial charge in [-0.05, 0) is 6.92 Å². The van der Waals surface area contributed by atoms with Crippen LogP contribution in [0.15, 0.2) is 0 Å². The fourth-order valence-corrected chi connectivity index (χ4v) is 0.980. The van der Waals surface area contributed by atoms with Crippen LogP contribution in [0.1, 0.15) is 6.92 Å². The second-order valence-corrected chi connectivity index (χ2v) is 3.80. The Hall–Kier alpha value is 0.220. The molecule has 0 aliphatic heterocycles. The van der Waals surface area contributed by atoms with Crippen LogP contribution in [0.4, 0.5) is 0 Å². The van der Waals surface area contributed by atoms with E-state index in [0.717, 1.165) is 0 Å². The van der Waals surface area contributed by atoms with Crippen molar-refractivity contribution in [2.75, 3.05) is 6.61 Å². The van der Waals surface area contributed by atoms with E-state index in [1.165, 1.54) is 0 Å². The predicted molar refractivity (Wildman–Crippen MR) is 30.8 cm³/mol. The molecule has 0 unspecified atom stereocenters. The van der Waals surface area contributed by atoms with Crippen LogP contribution in [-0.4, -0.2) is 19.6 Å². The van der Waals surface area contributed by atoms with E-state index in [1.54, 1.807) is 6.92 Å². The van der Waals surface area contributed by atoms with Gasteiger partial charge >= 0.3 is 9.15 Å². The van der Waals surface area contributed by atoms with Crippen molar-refractivity contribution in [3.63, 3.8) is 0 Å². The fraction of sp³-hybridized carbons (Fsp3) is 1.00. The molecule has 0 spiro atoms. The third-order valence-electron chi connectivity index (χ3n) is 0.252. The molecule has 4 nitrogen and oxygen atoms in total. The van der Waals surface area contributed by atoms with Gasteiger partial charge in [-0.15, -0.1) is 0 Å². The molecular formula is C2H6O4S2. The molecule has 0 rings (SSSR count). The molecule has 0 saturated carbocycles. The fourth-order valence-electron chi connectivity index (χ4n) is 0.109. The van der Waals surface area contributed by atoms with E-state index in [0.29, 0.717) is 0 Å². The van der Waals surface area contributed by atoms with Crippen LogP contribution < -0.4 is 0 Å². The lowest BCUT2D eigenvalue weighted by Gasteiger charge is -1.90. The highest BCUT2D eigenvalue weighted by atomic mass is 33.2. The molecule has 0 aliphatic carbocycles. The van der Waals surface area contributed by atoms with Crippen LogP contribution in [0.3, 0.4) is 0 Å². The van der Waals surface area contributed by atoms with Gasteiger partial charge in [0.2, 0.25) is 0 Å². The molecule has 0 atom stereocenters. The number of rotatable bonds is 3. The Bertz CT molecular complexity index is 136. The molecule has 8 heavy (non-hydrogen) atoms. The van der Waals surface area contributed by atoms with Crippen molar-refractivity contribution in [1.29, 1.82) is 0 Å². The quantitative estimate of drug-likeness (QED) is 0.367. The first-order valence-corrected chi connectivity index (χ1v) is 4.54. The molecule has 1 N–H and O–H groups in total. The Morgan fingerprint density at radius 1 is 1.75 bits per heavy atom. The van der Waals surface area contributed by atoms with Gasteiger partial charge in [-0.1, -0.05) is 0 Å². The average Bonchev–Trinajstić information content (AvgIpc) is 1.59. The van der Waals surface area contributed by atoms with Crippen LogP contribution in [-0.2, 0) is 13.3 Å². The minimum absolute atomic E-state index is 0.0613. The summed E-state index contributed by atoms with van der Waals surface area (Å²) < 4.78 is 31.8. The molecule has 0 heterocycles. The lowest BCUT2D eigenvalue weighted by molar-refractivity contribution is 0.402. The van der Waals surface area contributed by atoms with Gasteiger partial charge in [0.25, 0.3) is 0 Å². The minimum atomic E-state index is -3.99. The first-order valence-electron chi connectivity index (χ1n) is 1.85. The van der Waals surface area contributed by atoms with Gasteiger partial charge in [-0.25, -0.2) is 0 Å². The van der Waals surface area contributed by atoms with Gasteiger partial charge < -0.3 is 0 Å². The Labute approximate surface area is 51.6 Å². The summed E-state index contributed by atoms with van der Waals surface area (Å²) in [7, 11) is -3.99. The molecule has 0 bridgehead atoms. The third kappa shape index (κ3) is 6.22. The zero-order chi connectivity index (χ0) is 6.62. The molecule has 50 valence electrons. The van der Waals surface area contributed by atoms with Crippen molar-refractivity contribution >= 4 is 20.2 Å². The van der Waals surface area contributed by atoms with Gasteiger partial charge in [0.1, 0.15) is 0 Å². The van der Waals surface area contributed by atoms with Crippen LogP contribution in [0, 0.1) is 0 Å². The van der Waals surface area contributed by atoms with E-state index < -0.39 is 9.15 Å². The molecular weight excluding hydrogens is 152 g/mol. The monoisotopic (exact) mass is 158 g/mol. The van der Waals surface area contributed by atoms with Gasteiger partial charge in [0, 0.05) is 0 Å². The second-order valence-electron chi connectivity index (χ2n) is 0.902. The number of hydrogen-bond donors (Lipinski definition) is 1. The lowest BCUT2D eigenvalue weighted by atomic mass is 10.9. The normalized spacial score (nSPS) is 11.8. The molecule has 6 heteroatoms. The minimum Gasteiger partial charge on any atom is -0.300 e. The van der Waals surface area contributed by atoms with Gasteiger partial charge in [0.15, 0.2) is 11.1 Å². The first-order chi connectivity index (χ1) is 3.56. The van der Waals surface area contributed by atoms with Crippen LogP contribution in [0.5, 0.6) is 0 Å². The van der Waals surface area contributed by atoms with E-state index in [9.17, 15) is 8.42 Å². The van der Waals surface area contributed by atoms with Crippen LogP contribution >= 0.6 is 11.1 Å². The summed E-state index contributed by atoms with van der Waals surface area (Å²) >= 11 is 0.0613. The molecule has 0 saturated heterocycles. The summed E-state index contributed by atoms with van der Waals surface area (Å²) in [4.78, 5) is 0. The van der Waals surface area contributed by atoms with Gasteiger partial charge in [-0.2, -0.15) is 8.42 Å². The number of hydrogen-bond acceptors (Lipinski definition) is 4. The van der Waals surface area contributed by atoms with Gasteiger partial charge in [-0.3, -0.25) is 8.74 Å². The zero-order valence-electron chi connectivity index (χ0n) is 4.20. The Balaban J connectivity index is 3.42. The smallest absolute Gasteiger partial charge is 0.300 e. The summed E-state index contributed by atoms with van der Waals surface area (Å²) in [6.07, 6.45) is 0. The molecule has 0 aromatic carbocycles. The van der Waals surface area contributed by atoms with Crippen LogP contribution in [0.25, 0.3) is 0 Å². The summed E-state index contributed by atoms with van der Waals surface area (Å²) in [5.41, 5.74) is 0. The molecule has 0 aromatic rings. The Kier molecular flexibility index (Phi) is 3.38. The van der Waals surface area contributed by atoms with E-state index in [4.69, 9.17) is 4.55 Å². The topological polar surface area (TPSA) is 63.6 Å². The van der Waals surface area contributed by atoms with Crippen molar-refractivity contribution in [2.45, 2.75) is 6.92 Å². The van der Waals surface area contributed by atoms with Crippen molar-refractivity contribution in [3.8, 4) is 0 Å². The van der Waals surface area contributed by atoms with Crippen LogP contribution in [0.2, 0.25) is 0 Å². The van der Waals surface area contributed by atoms with Crippen molar-refractivity contribution in [1.82, 2.24) is 0 Å². The standard InChI is InChI=1S/C2H6O4S2/c1-2-6-7-8(3,4)5/h2H2,1H3,(H,3,4,5). The Morgan fingerprint density at radius 3 is 2.38 bits per heavy atom. The summed E-state index contributed by atoms with van der Waals surface area (Å²) in [5, 5.41) is 0. The highest BCUT2D eigenvalue weighted by Gasteiger charge is 2.03.